The highest BCUT2D eigenvalue weighted by Crippen LogP contribution is 2.22. The lowest BCUT2D eigenvalue weighted by atomic mass is 10.2. The van der Waals surface area contributed by atoms with Crippen molar-refractivity contribution in [2.45, 2.75) is 13.8 Å². The molecule has 0 bridgehead atoms. The minimum Gasteiger partial charge on any atom is -0.371 e. The summed E-state index contributed by atoms with van der Waals surface area (Å²) < 4.78 is 0. The molecule has 2 heterocycles. The van der Waals surface area contributed by atoms with Crippen LogP contribution in [0.4, 0.5) is 11.4 Å². The molecule has 1 aromatic heterocycles. The van der Waals surface area contributed by atoms with Crippen LogP contribution in [-0.2, 0) is 0 Å². The molecule has 1 amide bonds. The summed E-state index contributed by atoms with van der Waals surface area (Å²) in [6, 6.07) is 9.81. The van der Waals surface area contributed by atoms with Crippen LogP contribution < -0.4 is 9.80 Å². The predicted octanol–water partition coefficient (Wildman–Crippen LogP) is 3.54. The van der Waals surface area contributed by atoms with Gasteiger partial charge in [-0.15, -0.1) is 0 Å². The molecule has 6 heteroatoms. The first kappa shape index (κ1) is 18.5. The second-order valence-corrected chi connectivity index (χ2v) is 6.80. The lowest BCUT2D eigenvalue weighted by molar-refractivity contribution is 0.0746. The monoisotopic (exact) mass is 372 g/mol. The summed E-state index contributed by atoms with van der Waals surface area (Å²) in [6.07, 6.45) is 3.49. The number of halogens is 1. The van der Waals surface area contributed by atoms with Gasteiger partial charge in [0.1, 0.15) is 0 Å². The summed E-state index contributed by atoms with van der Waals surface area (Å²) in [4.78, 5) is 23.5. The molecule has 0 spiro atoms. The van der Waals surface area contributed by atoms with Crippen LogP contribution in [-0.4, -0.2) is 55.1 Å². The molecule has 1 saturated heterocycles. The lowest BCUT2D eigenvalue weighted by Crippen LogP contribution is -2.48. The fourth-order valence-electron chi connectivity index (χ4n) is 3.33. The van der Waals surface area contributed by atoms with Crippen LogP contribution in [0.25, 0.3) is 0 Å². The first-order chi connectivity index (χ1) is 12.6. The van der Waals surface area contributed by atoms with E-state index in [1.807, 2.05) is 35.4 Å². The van der Waals surface area contributed by atoms with Gasteiger partial charge >= 0.3 is 0 Å². The van der Waals surface area contributed by atoms with Crippen LogP contribution in [0.2, 0.25) is 5.02 Å². The third-order valence-electron chi connectivity index (χ3n) is 4.84. The van der Waals surface area contributed by atoms with E-state index in [-0.39, 0.29) is 5.91 Å². The van der Waals surface area contributed by atoms with E-state index in [0.29, 0.717) is 18.7 Å². The van der Waals surface area contributed by atoms with Crippen molar-refractivity contribution in [3.8, 4) is 0 Å². The van der Waals surface area contributed by atoms with E-state index in [1.165, 1.54) is 0 Å². The van der Waals surface area contributed by atoms with Crippen molar-refractivity contribution >= 4 is 28.9 Å². The van der Waals surface area contributed by atoms with E-state index in [2.05, 4.69) is 34.7 Å². The average molecular weight is 373 g/mol. The van der Waals surface area contributed by atoms with Gasteiger partial charge in [-0.2, -0.15) is 0 Å². The Morgan fingerprint density at radius 3 is 2.50 bits per heavy atom. The van der Waals surface area contributed by atoms with Gasteiger partial charge < -0.3 is 14.7 Å². The maximum atomic E-state index is 12.9. The van der Waals surface area contributed by atoms with Gasteiger partial charge in [0.05, 0.1) is 17.4 Å². The Kier molecular flexibility index (Phi) is 5.99. The van der Waals surface area contributed by atoms with Crippen LogP contribution >= 0.6 is 11.6 Å². The van der Waals surface area contributed by atoms with Gasteiger partial charge in [0.15, 0.2) is 0 Å². The predicted molar refractivity (Wildman–Crippen MR) is 107 cm³/mol. The van der Waals surface area contributed by atoms with Gasteiger partial charge in [-0.1, -0.05) is 17.7 Å². The molecule has 1 fully saturated rings. The number of aromatic nitrogens is 1. The minimum atomic E-state index is 0.0530. The molecule has 1 aromatic carbocycles. The molecule has 0 unspecified atom stereocenters. The Labute approximate surface area is 160 Å². The highest BCUT2D eigenvalue weighted by Gasteiger charge is 2.23. The molecule has 0 N–H and O–H groups in total. The number of pyridine rings is 1. The summed E-state index contributed by atoms with van der Waals surface area (Å²) >= 11 is 6.09. The van der Waals surface area contributed by atoms with Crippen molar-refractivity contribution in [2.75, 3.05) is 49.1 Å². The second-order valence-electron chi connectivity index (χ2n) is 6.36. The third kappa shape index (κ3) is 4.10. The molecule has 0 atom stereocenters. The number of carbonyl (C=O) groups is 1. The Morgan fingerprint density at radius 1 is 1.12 bits per heavy atom. The third-order valence-corrected chi connectivity index (χ3v) is 5.07. The molecule has 0 radical (unpaired) electrons. The van der Waals surface area contributed by atoms with Crippen molar-refractivity contribution in [1.29, 1.82) is 0 Å². The first-order valence-corrected chi connectivity index (χ1v) is 9.50. The van der Waals surface area contributed by atoms with E-state index < -0.39 is 0 Å². The number of carbonyl (C=O) groups excluding carboxylic acids is 1. The Morgan fingerprint density at radius 2 is 1.85 bits per heavy atom. The number of rotatable bonds is 5. The highest BCUT2D eigenvalue weighted by atomic mass is 35.5. The fraction of sp³-hybridized carbons (Fsp3) is 0.400. The van der Waals surface area contributed by atoms with Crippen molar-refractivity contribution < 1.29 is 4.79 Å². The number of nitrogens with zero attached hydrogens (tertiary/aromatic N) is 4. The van der Waals surface area contributed by atoms with Crippen molar-refractivity contribution in [3.05, 3.63) is 53.3 Å². The number of piperazine rings is 1. The molecule has 1 aliphatic rings. The van der Waals surface area contributed by atoms with Crippen LogP contribution in [0, 0.1) is 0 Å². The number of hydrogen-bond acceptors (Lipinski definition) is 4. The van der Waals surface area contributed by atoms with E-state index >= 15 is 0 Å². The largest absolute Gasteiger partial charge is 0.371 e. The molecule has 26 heavy (non-hydrogen) atoms. The van der Waals surface area contributed by atoms with Crippen molar-refractivity contribution in [2.24, 2.45) is 0 Å². The fourth-order valence-corrected chi connectivity index (χ4v) is 3.51. The Hall–Kier alpha value is -2.27. The number of anilines is 2. The zero-order chi connectivity index (χ0) is 18.5. The SMILES string of the molecule is CCN(CC)c1cncc(C(=O)N2CCN(c3cccc(Cl)c3)CC2)c1. The van der Waals surface area contributed by atoms with Gasteiger partial charge in [-0.3, -0.25) is 9.78 Å². The van der Waals surface area contributed by atoms with E-state index in [1.54, 1.807) is 6.20 Å². The molecule has 0 aliphatic carbocycles. The van der Waals surface area contributed by atoms with Crippen LogP contribution in [0.15, 0.2) is 42.7 Å². The molecule has 138 valence electrons. The quantitative estimate of drug-likeness (QED) is 0.804. The van der Waals surface area contributed by atoms with Crippen molar-refractivity contribution in [3.63, 3.8) is 0 Å². The smallest absolute Gasteiger partial charge is 0.255 e. The lowest BCUT2D eigenvalue weighted by Gasteiger charge is -2.36. The van der Waals surface area contributed by atoms with E-state index in [0.717, 1.165) is 42.6 Å². The van der Waals surface area contributed by atoms with Crippen LogP contribution in [0.5, 0.6) is 0 Å². The zero-order valence-corrected chi connectivity index (χ0v) is 16.1. The van der Waals surface area contributed by atoms with Gasteiger partial charge in [0, 0.05) is 56.2 Å². The second kappa shape index (κ2) is 8.41. The van der Waals surface area contributed by atoms with Gasteiger partial charge in [-0.25, -0.2) is 0 Å². The summed E-state index contributed by atoms with van der Waals surface area (Å²) in [5.41, 5.74) is 2.76. The Balaban J connectivity index is 1.66. The molecular formula is C20H25ClN4O. The van der Waals surface area contributed by atoms with Crippen molar-refractivity contribution in [1.82, 2.24) is 9.88 Å². The minimum absolute atomic E-state index is 0.0530. The summed E-state index contributed by atoms with van der Waals surface area (Å²) in [7, 11) is 0. The van der Waals surface area contributed by atoms with Crippen LogP contribution in [0.3, 0.4) is 0 Å². The maximum absolute atomic E-state index is 12.9. The van der Waals surface area contributed by atoms with Gasteiger partial charge in [0.25, 0.3) is 5.91 Å². The molecule has 2 aromatic rings. The van der Waals surface area contributed by atoms with Gasteiger partial charge in [-0.05, 0) is 38.1 Å². The summed E-state index contributed by atoms with van der Waals surface area (Å²) in [5.74, 6) is 0.0530. The number of benzene rings is 1. The van der Waals surface area contributed by atoms with Gasteiger partial charge in [0.2, 0.25) is 0 Å². The molecular weight excluding hydrogens is 348 g/mol. The Bertz CT molecular complexity index is 755. The normalized spacial score (nSPS) is 14.4. The maximum Gasteiger partial charge on any atom is 0.255 e. The molecule has 0 saturated carbocycles. The zero-order valence-electron chi connectivity index (χ0n) is 15.4. The summed E-state index contributed by atoms with van der Waals surface area (Å²) in [6.45, 7) is 8.99. The highest BCUT2D eigenvalue weighted by molar-refractivity contribution is 6.30. The molecule has 1 aliphatic heterocycles. The van der Waals surface area contributed by atoms with E-state index in [9.17, 15) is 4.79 Å². The van der Waals surface area contributed by atoms with Crippen LogP contribution in [0.1, 0.15) is 24.2 Å². The first-order valence-electron chi connectivity index (χ1n) is 9.12. The summed E-state index contributed by atoms with van der Waals surface area (Å²) in [5, 5.41) is 0.736. The molecule has 3 rings (SSSR count). The van der Waals surface area contributed by atoms with E-state index in [4.69, 9.17) is 11.6 Å². The topological polar surface area (TPSA) is 39.7 Å². The number of amides is 1. The average Bonchev–Trinajstić information content (AvgIpc) is 2.69. The molecule has 5 nitrogen and oxygen atoms in total. The standard InChI is InChI=1S/C20H25ClN4O/c1-3-23(4-2)19-12-16(14-22-15-19)20(26)25-10-8-24(9-11-25)18-7-5-6-17(21)13-18/h5-7,12-15H,3-4,8-11H2,1-2H3. The number of hydrogen-bond donors (Lipinski definition) is 0.